The molecule has 5 heteroatoms. The van der Waals surface area contributed by atoms with E-state index >= 15 is 0 Å². The summed E-state index contributed by atoms with van der Waals surface area (Å²) in [6.07, 6.45) is 0. The summed E-state index contributed by atoms with van der Waals surface area (Å²) in [7, 11) is 0. The van der Waals surface area contributed by atoms with Gasteiger partial charge in [-0.3, -0.25) is 4.79 Å². The van der Waals surface area contributed by atoms with Crippen LogP contribution in [0.4, 0.5) is 5.69 Å². The largest absolute Gasteiger partial charge is 0.508 e. The molecule has 0 heterocycles. The molecule has 20 heavy (non-hydrogen) atoms. The third-order valence-electron chi connectivity index (χ3n) is 2.97. The number of amides is 1. The predicted molar refractivity (Wildman–Crippen MR) is 76.3 cm³/mol. The van der Waals surface area contributed by atoms with Crippen LogP contribution in [0.3, 0.4) is 0 Å². The number of nitrogen functional groups attached to an aromatic ring is 1. The van der Waals surface area contributed by atoms with Crippen LogP contribution in [0.25, 0.3) is 0 Å². The third-order valence-corrected chi connectivity index (χ3v) is 2.97. The first-order chi connectivity index (χ1) is 9.61. The topological polar surface area (TPSA) is 95.6 Å². The fourth-order valence-electron chi connectivity index (χ4n) is 1.90. The highest BCUT2D eigenvalue weighted by molar-refractivity contribution is 5.99. The summed E-state index contributed by atoms with van der Waals surface area (Å²) in [5.74, 6) is -0.481. The average Bonchev–Trinajstić information content (AvgIpc) is 2.48. The number of anilines is 1. The highest BCUT2D eigenvalue weighted by Crippen LogP contribution is 2.20. The number of aliphatic hydroxyl groups is 1. The second-order valence-corrected chi connectivity index (χ2v) is 4.39. The second-order valence-electron chi connectivity index (χ2n) is 4.39. The molecule has 0 saturated carbocycles. The highest BCUT2D eigenvalue weighted by Gasteiger charge is 2.16. The van der Waals surface area contributed by atoms with Gasteiger partial charge in [0.05, 0.1) is 18.2 Å². The van der Waals surface area contributed by atoms with E-state index in [-0.39, 0.29) is 23.6 Å². The van der Waals surface area contributed by atoms with E-state index in [1.165, 1.54) is 18.2 Å². The Hall–Kier alpha value is -2.53. The van der Waals surface area contributed by atoms with Crippen molar-refractivity contribution >= 4 is 11.6 Å². The van der Waals surface area contributed by atoms with E-state index in [1.54, 1.807) is 0 Å². The first-order valence-corrected chi connectivity index (χ1v) is 6.17. The van der Waals surface area contributed by atoms with Gasteiger partial charge in [-0.15, -0.1) is 0 Å². The van der Waals surface area contributed by atoms with Gasteiger partial charge >= 0.3 is 0 Å². The summed E-state index contributed by atoms with van der Waals surface area (Å²) in [6.45, 7) is -0.228. The summed E-state index contributed by atoms with van der Waals surface area (Å²) in [6, 6.07) is 12.8. The van der Waals surface area contributed by atoms with Gasteiger partial charge in [0, 0.05) is 5.69 Å². The Bertz CT molecular complexity index is 599. The molecule has 2 aromatic carbocycles. The van der Waals surface area contributed by atoms with Gasteiger partial charge in [-0.25, -0.2) is 0 Å². The van der Waals surface area contributed by atoms with E-state index < -0.39 is 11.9 Å². The van der Waals surface area contributed by atoms with Crippen LogP contribution in [0.2, 0.25) is 0 Å². The number of benzene rings is 2. The standard InChI is InChI=1S/C15H16N2O3/c16-13-7-6-11(19)8-12(13)15(20)17-14(9-18)10-4-2-1-3-5-10/h1-8,14,18-19H,9,16H2,(H,17,20)/t14-/m1/s1. The number of hydrogen-bond donors (Lipinski definition) is 4. The van der Waals surface area contributed by atoms with Crippen LogP contribution >= 0.6 is 0 Å². The number of aliphatic hydroxyl groups excluding tert-OH is 1. The van der Waals surface area contributed by atoms with Gasteiger partial charge in [0.1, 0.15) is 5.75 Å². The Labute approximate surface area is 116 Å². The van der Waals surface area contributed by atoms with Crippen molar-refractivity contribution in [2.45, 2.75) is 6.04 Å². The molecule has 0 aliphatic carbocycles. The maximum atomic E-state index is 12.1. The molecule has 0 radical (unpaired) electrons. The van der Waals surface area contributed by atoms with Crippen molar-refractivity contribution in [2.75, 3.05) is 12.3 Å². The van der Waals surface area contributed by atoms with Crippen LogP contribution in [0.5, 0.6) is 5.75 Å². The Morgan fingerprint density at radius 1 is 1.20 bits per heavy atom. The van der Waals surface area contributed by atoms with Gasteiger partial charge < -0.3 is 21.3 Å². The van der Waals surface area contributed by atoms with Gasteiger partial charge in [0.2, 0.25) is 0 Å². The van der Waals surface area contributed by atoms with E-state index in [9.17, 15) is 15.0 Å². The van der Waals surface area contributed by atoms with Crippen molar-refractivity contribution in [1.82, 2.24) is 5.32 Å². The summed E-state index contributed by atoms with van der Waals surface area (Å²) in [4.78, 5) is 12.1. The highest BCUT2D eigenvalue weighted by atomic mass is 16.3. The molecule has 0 unspecified atom stereocenters. The smallest absolute Gasteiger partial charge is 0.254 e. The van der Waals surface area contributed by atoms with Crippen molar-refractivity contribution in [3.05, 3.63) is 59.7 Å². The van der Waals surface area contributed by atoms with Crippen LogP contribution in [0.15, 0.2) is 48.5 Å². The van der Waals surface area contributed by atoms with E-state index in [2.05, 4.69) is 5.32 Å². The molecule has 2 aromatic rings. The number of aromatic hydroxyl groups is 1. The Balaban J connectivity index is 2.20. The fraction of sp³-hybridized carbons (Fsp3) is 0.133. The number of hydrogen-bond acceptors (Lipinski definition) is 4. The Kier molecular flexibility index (Phi) is 4.22. The van der Waals surface area contributed by atoms with E-state index in [4.69, 9.17) is 5.73 Å². The lowest BCUT2D eigenvalue weighted by atomic mass is 10.1. The van der Waals surface area contributed by atoms with E-state index in [0.29, 0.717) is 0 Å². The van der Waals surface area contributed by atoms with Gasteiger partial charge in [-0.2, -0.15) is 0 Å². The van der Waals surface area contributed by atoms with Gasteiger partial charge in [0.15, 0.2) is 0 Å². The van der Waals surface area contributed by atoms with Crippen LogP contribution < -0.4 is 11.1 Å². The second kappa shape index (κ2) is 6.08. The monoisotopic (exact) mass is 272 g/mol. The first-order valence-electron chi connectivity index (χ1n) is 6.17. The number of rotatable bonds is 4. The molecular formula is C15H16N2O3. The lowest BCUT2D eigenvalue weighted by molar-refractivity contribution is 0.0916. The number of nitrogens with two attached hydrogens (primary N) is 1. The number of nitrogens with one attached hydrogen (secondary N) is 1. The molecule has 104 valence electrons. The predicted octanol–water partition coefficient (Wildman–Crippen LogP) is 1.44. The van der Waals surface area contributed by atoms with Crippen LogP contribution in [-0.2, 0) is 0 Å². The van der Waals surface area contributed by atoms with Crippen molar-refractivity contribution in [1.29, 1.82) is 0 Å². The number of phenols is 1. The lowest BCUT2D eigenvalue weighted by Crippen LogP contribution is -2.31. The molecule has 0 aliphatic heterocycles. The van der Waals surface area contributed by atoms with Crippen LogP contribution in [0, 0.1) is 0 Å². The quantitative estimate of drug-likeness (QED) is 0.500. The molecule has 5 N–H and O–H groups in total. The number of carbonyl (C=O) groups excluding carboxylic acids is 1. The summed E-state index contributed by atoms with van der Waals surface area (Å²) in [5.41, 5.74) is 6.95. The zero-order chi connectivity index (χ0) is 14.5. The minimum absolute atomic E-state index is 0.0374. The van der Waals surface area contributed by atoms with E-state index in [1.807, 2.05) is 30.3 Å². The molecule has 1 atom stereocenters. The van der Waals surface area contributed by atoms with Crippen molar-refractivity contribution in [3.63, 3.8) is 0 Å². The minimum Gasteiger partial charge on any atom is -0.508 e. The molecular weight excluding hydrogens is 256 g/mol. The van der Waals surface area contributed by atoms with Crippen LogP contribution in [-0.4, -0.2) is 22.7 Å². The summed E-state index contributed by atoms with van der Waals surface area (Å²) in [5, 5.41) is 21.5. The Morgan fingerprint density at radius 2 is 1.90 bits per heavy atom. The molecule has 0 aliphatic rings. The first kappa shape index (κ1) is 13.9. The van der Waals surface area contributed by atoms with Crippen molar-refractivity contribution in [3.8, 4) is 5.75 Å². The van der Waals surface area contributed by atoms with Gasteiger partial charge in [-0.05, 0) is 23.8 Å². The summed E-state index contributed by atoms with van der Waals surface area (Å²) >= 11 is 0. The summed E-state index contributed by atoms with van der Waals surface area (Å²) < 4.78 is 0. The molecule has 0 aromatic heterocycles. The molecule has 0 bridgehead atoms. The molecule has 0 spiro atoms. The maximum absolute atomic E-state index is 12.1. The van der Waals surface area contributed by atoms with E-state index in [0.717, 1.165) is 5.56 Å². The average molecular weight is 272 g/mol. The zero-order valence-corrected chi connectivity index (χ0v) is 10.8. The van der Waals surface area contributed by atoms with Crippen LogP contribution in [0.1, 0.15) is 22.0 Å². The van der Waals surface area contributed by atoms with Gasteiger partial charge in [0.25, 0.3) is 5.91 Å². The minimum atomic E-state index is -0.523. The SMILES string of the molecule is Nc1ccc(O)cc1C(=O)N[C@H](CO)c1ccccc1. The van der Waals surface area contributed by atoms with Crippen molar-refractivity contribution in [2.24, 2.45) is 0 Å². The lowest BCUT2D eigenvalue weighted by Gasteiger charge is -2.17. The third kappa shape index (κ3) is 3.07. The van der Waals surface area contributed by atoms with Gasteiger partial charge in [-0.1, -0.05) is 30.3 Å². The van der Waals surface area contributed by atoms with Crippen molar-refractivity contribution < 1.29 is 15.0 Å². The molecule has 0 fully saturated rings. The fourth-order valence-corrected chi connectivity index (χ4v) is 1.90. The molecule has 2 rings (SSSR count). The zero-order valence-electron chi connectivity index (χ0n) is 10.8. The maximum Gasteiger partial charge on any atom is 0.254 e. The number of phenolic OH excluding ortho intramolecular Hbond substituents is 1. The normalized spacial score (nSPS) is 11.8. The molecule has 5 nitrogen and oxygen atoms in total. The Morgan fingerprint density at radius 3 is 2.55 bits per heavy atom. The number of carbonyl (C=O) groups is 1. The molecule has 0 saturated heterocycles. The molecule has 1 amide bonds.